The Balaban J connectivity index is 2.07. The molecule has 1 aliphatic rings. The van der Waals surface area contributed by atoms with E-state index in [1.165, 1.54) is 18.9 Å². The van der Waals surface area contributed by atoms with Gasteiger partial charge in [-0.25, -0.2) is 8.78 Å². The number of methoxy groups -OCH3 is 1. The van der Waals surface area contributed by atoms with E-state index in [9.17, 15) is 23.2 Å². The zero-order valence-electron chi connectivity index (χ0n) is 13.4. The number of amides is 2. The van der Waals surface area contributed by atoms with Gasteiger partial charge in [-0.15, -0.1) is 0 Å². The van der Waals surface area contributed by atoms with Crippen molar-refractivity contribution in [1.82, 2.24) is 10.2 Å². The van der Waals surface area contributed by atoms with Crippen LogP contribution in [0, 0.1) is 11.6 Å². The highest BCUT2D eigenvalue weighted by Gasteiger charge is 2.35. The molecule has 0 bridgehead atoms. The summed E-state index contributed by atoms with van der Waals surface area (Å²) in [5, 5.41) is 2.37. The molecule has 1 aromatic carbocycles. The van der Waals surface area contributed by atoms with E-state index in [1.54, 1.807) is 0 Å². The number of carbonyl (C=O) groups is 3. The van der Waals surface area contributed by atoms with E-state index in [2.05, 4.69) is 5.32 Å². The van der Waals surface area contributed by atoms with Gasteiger partial charge in [0, 0.05) is 36.6 Å². The van der Waals surface area contributed by atoms with Crippen molar-refractivity contribution in [3.63, 3.8) is 0 Å². The number of likely N-dealkylation sites (tertiary alicyclic amines) is 1. The van der Waals surface area contributed by atoms with Crippen LogP contribution in [0.1, 0.15) is 24.8 Å². The van der Waals surface area contributed by atoms with Gasteiger partial charge in [0.2, 0.25) is 11.8 Å². The summed E-state index contributed by atoms with van der Waals surface area (Å²) in [7, 11) is 1.30. The molecular weight excluding hydrogens is 322 g/mol. The molecule has 0 aliphatic carbocycles. The van der Waals surface area contributed by atoms with Crippen LogP contribution in [0.25, 0.3) is 0 Å². The Bertz CT molecular complexity index is 655. The van der Waals surface area contributed by atoms with Crippen LogP contribution in [0.2, 0.25) is 0 Å². The fourth-order valence-corrected chi connectivity index (χ4v) is 2.64. The molecule has 0 spiro atoms. The van der Waals surface area contributed by atoms with Gasteiger partial charge in [0.05, 0.1) is 20.2 Å². The molecule has 0 radical (unpaired) electrons. The maximum Gasteiger partial charge on any atom is 0.239 e. The van der Waals surface area contributed by atoms with Crippen molar-refractivity contribution in [2.24, 2.45) is 0 Å². The lowest BCUT2D eigenvalue weighted by molar-refractivity contribution is -0.133. The van der Waals surface area contributed by atoms with Crippen LogP contribution < -0.4 is 10.1 Å². The van der Waals surface area contributed by atoms with Crippen LogP contribution in [-0.2, 0) is 14.4 Å². The third kappa shape index (κ3) is 4.06. The second-order valence-electron chi connectivity index (χ2n) is 5.66. The Morgan fingerprint density at radius 1 is 1.33 bits per heavy atom. The second-order valence-corrected chi connectivity index (χ2v) is 5.66. The maximum atomic E-state index is 14.1. The molecule has 2 amide bonds. The monoisotopic (exact) mass is 340 g/mol. The number of nitrogens with zero attached hydrogens (tertiary/aromatic N) is 1. The minimum Gasteiger partial charge on any atom is -0.497 e. The van der Waals surface area contributed by atoms with Crippen LogP contribution >= 0.6 is 0 Å². The van der Waals surface area contributed by atoms with Gasteiger partial charge in [0.25, 0.3) is 0 Å². The first-order chi connectivity index (χ1) is 11.3. The molecular formula is C16H18F2N2O4. The standard InChI is InChI=1S/C16H18F2N2O4/c1-9(21)6-19-14(22)8-20-7-10(3-15(20)23)16-12(17)4-11(24-2)5-13(16)18/h4-5,10H,3,6-8H2,1-2H3,(H,19,22). The van der Waals surface area contributed by atoms with Crippen molar-refractivity contribution in [2.45, 2.75) is 19.3 Å². The minimum atomic E-state index is -0.785. The first-order valence-electron chi connectivity index (χ1n) is 7.38. The maximum absolute atomic E-state index is 14.1. The predicted molar refractivity (Wildman–Crippen MR) is 80.5 cm³/mol. The predicted octanol–water partition coefficient (Wildman–Crippen LogP) is 0.994. The molecule has 1 heterocycles. The first kappa shape index (κ1) is 17.8. The summed E-state index contributed by atoms with van der Waals surface area (Å²) in [4.78, 5) is 35.7. The Morgan fingerprint density at radius 2 is 1.96 bits per heavy atom. The normalized spacial score (nSPS) is 17.1. The van der Waals surface area contributed by atoms with E-state index in [4.69, 9.17) is 4.74 Å². The van der Waals surface area contributed by atoms with Gasteiger partial charge >= 0.3 is 0 Å². The van der Waals surface area contributed by atoms with Crippen LogP contribution in [0.15, 0.2) is 12.1 Å². The van der Waals surface area contributed by atoms with Crippen LogP contribution in [0.5, 0.6) is 5.75 Å². The molecule has 1 saturated heterocycles. The first-order valence-corrected chi connectivity index (χ1v) is 7.38. The van der Waals surface area contributed by atoms with Gasteiger partial charge in [-0.2, -0.15) is 0 Å². The third-order valence-electron chi connectivity index (χ3n) is 3.78. The van der Waals surface area contributed by atoms with Crippen molar-refractivity contribution in [1.29, 1.82) is 0 Å². The fourth-order valence-electron chi connectivity index (χ4n) is 2.64. The molecule has 1 unspecified atom stereocenters. The Labute approximate surface area is 137 Å². The van der Waals surface area contributed by atoms with E-state index in [1.807, 2.05) is 0 Å². The number of carbonyl (C=O) groups excluding carboxylic acids is 3. The number of halogens is 2. The molecule has 2 rings (SSSR count). The average molecular weight is 340 g/mol. The molecule has 130 valence electrons. The fraction of sp³-hybridized carbons (Fsp3) is 0.438. The molecule has 24 heavy (non-hydrogen) atoms. The Morgan fingerprint density at radius 3 is 2.50 bits per heavy atom. The smallest absolute Gasteiger partial charge is 0.239 e. The highest BCUT2D eigenvalue weighted by molar-refractivity contribution is 5.89. The van der Waals surface area contributed by atoms with Gasteiger partial charge in [0.1, 0.15) is 23.2 Å². The van der Waals surface area contributed by atoms with Crippen LogP contribution in [0.3, 0.4) is 0 Å². The molecule has 8 heteroatoms. The van der Waals surface area contributed by atoms with Gasteiger partial charge in [-0.1, -0.05) is 0 Å². The SMILES string of the molecule is COc1cc(F)c(C2CC(=O)N(CC(=O)NCC(C)=O)C2)c(F)c1. The highest BCUT2D eigenvalue weighted by Crippen LogP contribution is 2.33. The number of rotatable bonds is 6. The number of ketones is 1. The van der Waals surface area contributed by atoms with E-state index in [0.29, 0.717) is 0 Å². The molecule has 1 aromatic rings. The average Bonchev–Trinajstić information content (AvgIpc) is 2.84. The Hall–Kier alpha value is -2.51. The van der Waals surface area contributed by atoms with Crippen molar-refractivity contribution in [3.05, 3.63) is 29.3 Å². The largest absolute Gasteiger partial charge is 0.497 e. The molecule has 1 aliphatic heterocycles. The van der Waals surface area contributed by atoms with Gasteiger partial charge in [-0.05, 0) is 6.92 Å². The van der Waals surface area contributed by atoms with E-state index in [0.717, 1.165) is 12.1 Å². The van der Waals surface area contributed by atoms with E-state index in [-0.39, 0.29) is 49.1 Å². The van der Waals surface area contributed by atoms with Gasteiger partial charge in [0.15, 0.2) is 0 Å². The summed E-state index contributed by atoms with van der Waals surface area (Å²) in [6, 6.07) is 2.12. The van der Waals surface area contributed by atoms with Crippen molar-refractivity contribution < 1.29 is 27.9 Å². The lowest BCUT2D eigenvalue weighted by atomic mass is 9.97. The highest BCUT2D eigenvalue weighted by atomic mass is 19.1. The quantitative estimate of drug-likeness (QED) is 0.838. The zero-order valence-corrected chi connectivity index (χ0v) is 13.4. The molecule has 0 saturated carbocycles. The number of Topliss-reactive ketones (excluding diaryl/α,β-unsaturated/α-hetero) is 1. The van der Waals surface area contributed by atoms with Crippen molar-refractivity contribution in [3.8, 4) is 5.75 Å². The summed E-state index contributed by atoms with van der Waals surface area (Å²) in [5.74, 6) is -3.26. The van der Waals surface area contributed by atoms with Gasteiger partial charge in [-0.3, -0.25) is 14.4 Å². The minimum absolute atomic E-state index is 0.0342. The zero-order chi connectivity index (χ0) is 17.9. The van der Waals surface area contributed by atoms with Crippen LogP contribution in [-0.4, -0.2) is 49.2 Å². The molecule has 1 N–H and O–H groups in total. The lowest BCUT2D eigenvalue weighted by Crippen LogP contribution is -2.39. The third-order valence-corrected chi connectivity index (χ3v) is 3.78. The summed E-state index contributed by atoms with van der Waals surface area (Å²) in [5.41, 5.74) is -0.184. The number of benzene rings is 1. The summed E-state index contributed by atoms with van der Waals surface area (Å²) in [6.07, 6.45) is -0.0832. The molecule has 0 aromatic heterocycles. The topological polar surface area (TPSA) is 75.7 Å². The number of nitrogens with one attached hydrogen (secondary N) is 1. The lowest BCUT2D eigenvalue weighted by Gasteiger charge is -2.17. The number of ether oxygens (including phenoxy) is 1. The van der Waals surface area contributed by atoms with Crippen molar-refractivity contribution >= 4 is 17.6 Å². The van der Waals surface area contributed by atoms with E-state index >= 15 is 0 Å². The summed E-state index contributed by atoms with van der Waals surface area (Å²) < 4.78 is 33.0. The number of hydrogen-bond acceptors (Lipinski definition) is 4. The van der Waals surface area contributed by atoms with E-state index < -0.39 is 23.5 Å². The second kappa shape index (κ2) is 7.37. The van der Waals surface area contributed by atoms with Gasteiger partial charge < -0.3 is 15.0 Å². The molecule has 1 atom stereocenters. The summed E-state index contributed by atoms with van der Waals surface area (Å²) in [6.45, 7) is 0.993. The Kier molecular flexibility index (Phi) is 5.48. The molecule has 6 nitrogen and oxygen atoms in total. The van der Waals surface area contributed by atoms with Crippen LogP contribution in [0.4, 0.5) is 8.78 Å². The van der Waals surface area contributed by atoms with Crippen molar-refractivity contribution in [2.75, 3.05) is 26.7 Å². The number of hydrogen-bond donors (Lipinski definition) is 1. The molecule has 1 fully saturated rings. The summed E-state index contributed by atoms with van der Waals surface area (Å²) >= 11 is 0.